The Morgan fingerprint density at radius 3 is 3.00 bits per heavy atom. The second-order valence-electron chi connectivity index (χ2n) is 5.43. The molecule has 1 aliphatic heterocycles. The van der Waals surface area contributed by atoms with Crippen LogP contribution < -0.4 is 5.32 Å². The Balaban J connectivity index is 1.88. The van der Waals surface area contributed by atoms with Crippen molar-refractivity contribution in [3.8, 4) is 0 Å². The van der Waals surface area contributed by atoms with Crippen LogP contribution in [0, 0.1) is 0 Å². The average Bonchev–Trinajstić information content (AvgIpc) is 2.50. The summed E-state index contributed by atoms with van der Waals surface area (Å²) in [6.07, 6.45) is 4.41. The molecule has 0 amide bonds. The Bertz CT molecular complexity index is 394. The number of fused-ring (bicyclic) bond motifs is 1. The zero-order chi connectivity index (χ0) is 14.2. The predicted octanol–water partition coefficient (Wildman–Crippen LogP) is 3.10. The molecular weight excluding hydrogens is 250 g/mol. The van der Waals surface area contributed by atoms with Crippen molar-refractivity contribution >= 4 is 0 Å². The van der Waals surface area contributed by atoms with Gasteiger partial charge in [-0.1, -0.05) is 31.2 Å². The van der Waals surface area contributed by atoms with Gasteiger partial charge < -0.3 is 14.8 Å². The fourth-order valence-electron chi connectivity index (χ4n) is 2.78. The van der Waals surface area contributed by atoms with Crippen molar-refractivity contribution in [1.82, 2.24) is 5.32 Å². The van der Waals surface area contributed by atoms with Crippen LogP contribution in [0.5, 0.6) is 0 Å². The minimum atomic E-state index is 0.226. The summed E-state index contributed by atoms with van der Waals surface area (Å²) in [5, 5.41) is 3.40. The van der Waals surface area contributed by atoms with Crippen LogP contribution >= 0.6 is 0 Å². The SMILES string of the molecule is CCCOCCC(CC1OCCc2ccccc21)NC. The summed E-state index contributed by atoms with van der Waals surface area (Å²) < 4.78 is 11.6. The summed E-state index contributed by atoms with van der Waals surface area (Å²) in [5.41, 5.74) is 2.81. The third kappa shape index (κ3) is 4.30. The summed E-state index contributed by atoms with van der Waals surface area (Å²) in [5.74, 6) is 0. The minimum Gasteiger partial charge on any atom is -0.381 e. The lowest BCUT2D eigenvalue weighted by Crippen LogP contribution is -2.31. The van der Waals surface area contributed by atoms with E-state index in [1.165, 1.54) is 11.1 Å². The van der Waals surface area contributed by atoms with E-state index in [0.717, 1.165) is 45.5 Å². The molecule has 1 heterocycles. The van der Waals surface area contributed by atoms with E-state index in [1.54, 1.807) is 0 Å². The molecule has 2 rings (SSSR count). The first-order valence-corrected chi connectivity index (χ1v) is 7.79. The lowest BCUT2D eigenvalue weighted by molar-refractivity contribution is 0.0262. The van der Waals surface area contributed by atoms with Gasteiger partial charge in [0.25, 0.3) is 0 Å². The lowest BCUT2D eigenvalue weighted by Gasteiger charge is -2.29. The molecule has 0 aromatic heterocycles. The van der Waals surface area contributed by atoms with Gasteiger partial charge >= 0.3 is 0 Å². The van der Waals surface area contributed by atoms with Crippen LogP contribution in [0.3, 0.4) is 0 Å². The highest BCUT2D eigenvalue weighted by molar-refractivity contribution is 5.31. The van der Waals surface area contributed by atoms with Crippen molar-refractivity contribution in [3.63, 3.8) is 0 Å². The molecule has 20 heavy (non-hydrogen) atoms. The molecule has 0 saturated heterocycles. The molecule has 2 unspecified atom stereocenters. The van der Waals surface area contributed by atoms with Crippen LogP contribution in [0.4, 0.5) is 0 Å². The number of nitrogens with one attached hydrogen (secondary N) is 1. The van der Waals surface area contributed by atoms with Crippen molar-refractivity contribution in [2.24, 2.45) is 0 Å². The average molecular weight is 277 g/mol. The van der Waals surface area contributed by atoms with Crippen molar-refractivity contribution in [3.05, 3.63) is 35.4 Å². The Morgan fingerprint density at radius 1 is 1.35 bits per heavy atom. The maximum absolute atomic E-state index is 5.98. The molecule has 1 N–H and O–H groups in total. The van der Waals surface area contributed by atoms with Gasteiger partial charge in [0.1, 0.15) is 0 Å². The topological polar surface area (TPSA) is 30.5 Å². The maximum atomic E-state index is 5.98. The van der Waals surface area contributed by atoms with Crippen LogP contribution in [-0.4, -0.2) is 32.9 Å². The Labute approximate surface area is 122 Å². The number of rotatable bonds is 8. The molecule has 0 bridgehead atoms. The largest absolute Gasteiger partial charge is 0.381 e. The van der Waals surface area contributed by atoms with E-state index in [-0.39, 0.29) is 6.10 Å². The zero-order valence-corrected chi connectivity index (χ0v) is 12.7. The fourth-order valence-corrected chi connectivity index (χ4v) is 2.78. The molecule has 1 aromatic carbocycles. The van der Waals surface area contributed by atoms with Crippen molar-refractivity contribution in [2.75, 3.05) is 26.9 Å². The van der Waals surface area contributed by atoms with Crippen LogP contribution in [0.1, 0.15) is 43.4 Å². The van der Waals surface area contributed by atoms with E-state index in [0.29, 0.717) is 6.04 Å². The Morgan fingerprint density at radius 2 is 2.20 bits per heavy atom. The standard InChI is InChI=1S/C17H27NO2/c1-3-10-19-11-9-15(18-2)13-17-16-7-5-4-6-14(16)8-12-20-17/h4-7,15,17-18H,3,8-13H2,1-2H3. The highest BCUT2D eigenvalue weighted by Gasteiger charge is 2.23. The van der Waals surface area contributed by atoms with E-state index in [2.05, 4.69) is 36.5 Å². The fraction of sp³-hybridized carbons (Fsp3) is 0.647. The van der Waals surface area contributed by atoms with E-state index in [9.17, 15) is 0 Å². The number of ether oxygens (including phenoxy) is 2. The summed E-state index contributed by atoms with van der Waals surface area (Å²) in [4.78, 5) is 0. The molecule has 112 valence electrons. The van der Waals surface area contributed by atoms with Crippen molar-refractivity contribution in [1.29, 1.82) is 0 Å². The van der Waals surface area contributed by atoms with Crippen LogP contribution in [0.25, 0.3) is 0 Å². The number of hydrogen-bond acceptors (Lipinski definition) is 3. The Hall–Kier alpha value is -0.900. The molecule has 0 spiro atoms. The molecule has 1 aromatic rings. The normalized spacial score (nSPS) is 19.6. The van der Waals surface area contributed by atoms with Gasteiger partial charge in [-0.15, -0.1) is 0 Å². The van der Waals surface area contributed by atoms with Gasteiger partial charge in [-0.2, -0.15) is 0 Å². The van der Waals surface area contributed by atoms with E-state index >= 15 is 0 Å². The highest BCUT2D eigenvalue weighted by atomic mass is 16.5. The van der Waals surface area contributed by atoms with Gasteiger partial charge in [-0.05, 0) is 43.9 Å². The van der Waals surface area contributed by atoms with Gasteiger partial charge in [0.2, 0.25) is 0 Å². The van der Waals surface area contributed by atoms with E-state index in [4.69, 9.17) is 9.47 Å². The highest BCUT2D eigenvalue weighted by Crippen LogP contribution is 2.30. The third-order valence-corrected chi connectivity index (χ3v) is 3.96. The summed E-state index contributed by atoms with van der Waals surface area (Å²) >= 11 is 0. The van der Waals surface area contributed by atoms with Crippen LogP contribution in [0.15, 0.2) is 24.3 Å². The van der Waals surface area contributed by atoms with Crippen LogP contribution in [-0.2, 0) is 15.9 Å². The van der Waals surface area contributed by atoms with E-state index < -0.39 is 0 Å². The van der Waals surface area contributed by atoms with Gasteiger partial charge in [0, 0.05) is 19.3 Å². The Kier molecular flexibility index (Phi) is 6.51. The number of hydrogen-bond donors (Lipinski definition) is 1. The molecule has 0 saturated carbocycles. The zero-order valence-electron chi connectivity index (χ0n) is 12.7. The molecule has 3 heteroatoms. The smallest absolute Gasteiger partial charge is 0.0842 e. The van der Waals surface area contributed by atoms with E-state index in [1.807, 2.05) is 7.05 Å². The molecule has 2 atom stereocenters. The monoisotopic (exact) mass is 277 g/mol. The molecule has 0 aliphatic carbocycles. The first-order valence-electron chi connectivity index (χ1n) is 7.79. The molecule has 0 radical (unpaired) electrons. The van der Waals surface area contributed by atoms with Crippen molar-refractivity contribution < 1.29 is 9.47 Å². The summed E-state index contributed by atoms with van der Waals surface area (Å²) in [6.45, 7) is 4.67. The summed E-state index contributed by atoms with van der Waals surface area (Å²) in [7, 11) is 2.03. The van der Waals surface area contributed by atoms with Gasteiger partial charge in [0.05, 0.1) is 12.7 Å². The molecule has 1 aliphatic rings. The number of benzene rings is 1. The molecule has 0 fully saturated rings. The first-order chi connectivity index (χ1) is 9.85. The first kappa shape index (κ1) is 15.5. The molecule has 3 nitrogen and oxygen atoms in total. The van der Waals surface area contributed by atoms with Gasteiger partial charge in [-0.25, -0.2) is 0 Å². The minimum absolute atomic E-state index is 0.226. The van der Waals surface area contributed by atoms with Crippen LogP contribution in [0.2, 0.25) is 0 Å². The lowest BCUT2D eigenvalue weighted by atomic mass is 9.93. The third-order valence-electron chi connectivity index (χ3n) is 3.96. The quantitative estimate of drug-likeness (QED) is 0.741. The second kappa shape index (κ2) is 8.40. The van der Waals surface area contributed by atoms with Gasteiger partial charge in [0.15, 0.2) is 0 Å². The molecular formula is C17H27NO2. The predicted molar refractivity (Wildman–Crippen MR) is 82.0 cm³/mol. The van der Waals surface area contributed by atoms with Gasteiger partial charge in [-0.3, -0.25) is 0 Å². The second-order valence-corrected chi connectivity index (χ2v) is 5.43. The maximum Gasteiger partial charge on any atom is 0.0842 e. The van der Waals surface area contributed by atoms with Crippen molar-refractivity contribution in [2.45, 2.75) is 44.8 Å². The summed E-state index contributed by atoms with van der Waals surface area (Å²) in [6, 6.07) is 9.11.